The van der Waals surface area contributed by atoms with Crippen molar-refractivity contribution < 1.29 is 9.26 Å². The minimum atomic E-state index is 0.559. The minimum Gasteiger partial charge on any atom is -0.489 e. The summed E-state index contributed by atoms with van der Waals surface area (Å²) >= 11 is 0. The van der Waals surface area contributed by atoms with Gasteiger partial charge in [0.05, 0.1) is 6.54 Å². The van der Waals surface area contributed by atoms with Crippen LogP contribution in [0, 0.1) is 0 Å². The van der Waals surface area contributed by atoms with Gasteiger partial charge in [0.2, 0.25) is 0 Å². The molecule has 0 saturated carbocycles. The van der Waals surface area contributed by atoms with Gasteiger partial charge in [-0.1, -0.05) is 53.7 Å². The maximum atomic E-state index is 5.89. The third kappa shape index (κ3) is 6.53. The SMILES string of the molecule is CN(CCN1CCN(c2ccccc2)CC1)Cc1cc(-c2ccc(OCc3ccccc3)cc2)no1. The number of rotatable bonds is 10. The van der Waals surface area contributed by atoms with Gasteiger partial charge in [-0.05, 0) is 49.0 Å². The number of nitrogens with zero attached hydrogens (tertiary/aromatic N) is 4. The summed E-state index contributed by atoms with van der Waals surface area (Å²) in [6.45, 7) is 7.71. The Labute approximate surface area is 213 Å². The molecular formula is C30H34N4O2. The summed E-state index contributed by atoms with van der Waals surface area (Å²) in [5, 5.41) is 4.29. The molecule has 6 heteroatoms. The van der Waals surface area contributed by atoms with Crippen LogP contribution in [0.5, 0.6) is 5.75 Å². The molecule has 0 radical (unpaired) electrons. The van der Waals surface area contributed by atoms with Crippen LogP contribution in [0.25, 0.3) is 11.3 Å². The van der Waals surface area contributed by atoms with Crippen molar-refractivity contribution in [3.8, 4) is 17.0 Å². The molecule has 0 atom stereocenters. The quantitative estimate of drug-likeness (QED) is 0.311. The molecule has 1 aliphatic heterocycles. The summed E-state index contributed by atoms with van der Waals surface area (Å²) in [5.74, 6) is 1.72. The number of benzene rings is 3. The Balaban J connectivity index is 1.05. The number of ether oxygens (including phenoxy) is 1. The predicted molar refractivity (Wildman–Crippen MR) is 144 cm³/mol. The third-order valence-electron chi connectivity index (χ3n) is 6.67. The molecule has 0 unspecified atom stereocenters. The first-order chi connectivity index (χ1) is 17.7. The van der Waals surface area contributed by atoms with Gasteiger partial charge in [-0.3, -0.25) is 9.80 Å². The van der Waals surface area contributed by atoms with E-state index in [-0.39, 0.29) is 0 Å². The van der Waals surface area contributed by atoms with Gasteiger partial charge in [0.25, 0.3) is 0 Å². The van der Waals surface area contributed by atoms with Crippen LogP contribution in [0.2, 0.25) is 0 Å². The van der Waals surface area contributed by atoms with Gasteiger partial charge in [-0.15, -0.1) is 0 Å². The number of aromatic nitrogens is 1. The van der Waals surface area contributed by atoms with Gasteiger partial charge in [0, 0.05) is 56.6 Å². The highest BCUT2D eigenvalue weighted by molar-refractivity contribution is 5.59. The second-order valence-electron chi connectivity index (χ2n) is 9.38. The van der Waals surface area contributed by atoms with E-state index in [4.69, 9.17) is 9.26 Å². The van der Waals surface area contributed by atoms with Crippen LogP contribution in [-0.4, -0.2) is 61.3 Å². The lowest BCUT2D eigenvalue weighted by atomic mass is 10.1. The summed E-state index contributed by atoms with van der Waals surface area (Å²) in [5.41, 5.74) is 4.35. The number of likely N-dealkylation sites (N-methyl/N-ethyl adjacent to an activating group) is 1. The van der Waals surface area contributed by atoms with Crippen LogP contribution in [0.1, 0.15) is 11.3 Å². The molecule has 1 aromatic heterocycles. The molecule has 5 rings (SSSR count). The van der Waals surface area contributed by atoms with Gasteiger partial charge in [-0.2, -0.15) is 0 Å². The molecule has 36 heavy (non-hydrogen) atoms. The monoisotopic (exact) mass is 482 g/mol. The van der Waals surface area contributed by atoms with Gasteiger partial charge >= 0.3 is 0 Å². The molecule has 2 heterocycles. The maximum absolute atomic E-state index is 5.89. The molecule has 0 aliphatic carbocycles. The average Bonchev–Trinajstić information content (AvgIpc) is 3.41. The first kappa shape index (κ1) is 24.1. The van der Waals surface area contributed by atoms with Crippen molar-refractivity contribution in [1.29, 1.82) is 0 Å². The number of anilines is 1. The van der Waals surface area contributed by atoms with Crippen molar-refractivity contribution in [1.82, 2.24) is 15.0 Å². The Hall–Kier alpha value is -3.61. The molecule has 1 fully saturated rings. The van der Waals surface area contributed by atoms with Gasteiger partial charge in [0.15, 0.2) is 5.76 Å². The van der Waals surface area contributed by atoms with Crippen LogP contribution in [0.4, 0.5) is 5.69 Å². The molecule has 4 aromatic rings. The van der Waals surface area contributed by atoms with Crippen LogP contribution < -0.4 is 9.64 Å². The van der Waals surface area contributed by atoms with E-state index in [1.807, 2.05) is 48.5 Å². The van der Waals surface area contributed by atoms with Gasteiger partial charge < -0.3 is 14.2 Å². The fraction of sp³-hybridized carbons (Fsp3) is 0.300. The van der Waals surface area contributed by atoms with E-state index in [2.05, 4.69) is 69.4 Å². The smallest absolute Gasteiger partial charge is 0.151 e. The first-order valence-corrected chi connectivity index (χ1v) is 12.7. The number of piperazine rings is 1. The maximum Gasteiger partial charge on any atom is 0.151 e. The average molecular weight is 483 g/mol. The third-order valence-corrected chi connectivity index (χ3v) is 6.67. The zero-order valence-electron chi connectivity index (χ0n) is 20.9. The van der Waals surface area contributed by atoms with Crippen molar-refractivity contribution in [3.05, 3.63) is 102 Å². The molecule has 0 amide bonds. The second-order valence-corrected chi connectivity index (χ2v) is 9.38. The molecule has 0 bridgehead atoms. The lowest BCUT2D eigenvalue weighted by molar-refractivity contribution is 0.202. The highest BCUT2D eigenvalue weighted by Crippen LogP contribution is 2.23. The van der Waals surface area contributed by atoms with Crippen LogP contribution in [0.15, 0.2) is 95.5 Å². The molecule has 0 spiro atoms. The normalized spacial score (nSPS) is 14.3. The Morgan fingerprint density at radius 2 is 1.56 bits per heavy atom. The molecule has 0 N–H and O–H groups in total. The molecular weight excluding hydrogens is 448 g/mol. The topological polar surface area (TPSA) is 45.0 Å². The number of hydrogen-bond donors (Lipinski definition) is 0. The van der Waals surface area contributed by atoms with Crippen molar-refractivity contribution in [2.24, 2.45) is 0 Å². The Bertz CT molecular complexity index is 1190. The van der Waals surface area contributed by atoms with Crippen LogP contribution in [-0.2, 0) is 13.2 Å². The van der Waals surface area contributed by atoms with Crippen molar-refractivity contribution in [3.63, 3.8) is 0 Å². The van der Waals surface area contributed by atoms with Crippen LogP contribution >= 0.6 is 0 Å². The summed E-state index contributed by atoms with van der Waals surface area (Å²) in [7, 11) is 2.14. The summed E-state index contributed by atoms with van der Waals surface area (Å²) in [6.07, 6.45) is 0. The van der Waals surface area contributed by atoms with Gasteiger partial charge in [-0.25, -0.2) is 0 Å². The zero-order valence-corrected chi connectivity index (χ0v) is 20.9. The fourth-order valence-electron chi connectivity index (χ4n) is 4.51. The number of hydrogen-bond acceptors (Lipinski definition) is 6. The van der Waals surface area contributed by atoms with Crippen molar-refractivity contribution >= 4 is 5.69 Å². The molecule has 6 nitrogen and oxygen atoms in total. The first-order valence-electron chi connectivity index (χ1n) is 12.7. The van der Waals surface area contributed by atoms with E-state index in [0.717, 1.165) is 74.1 Å². The molecule has 186 valence electrons. The minimum absolute atomic E-state index is 0.559. The van der Waals surface area contributed by atoms with E-state index < -0.39 is 0 Å². The Kier molecular flexibility index (Phi) is 7.96. The predicted octanol–water partition coefficient (Wildman–Crippen LogP) is 5.17. The highest BCUT2D eigenvalue weighted by Gasteiger charge is 2.17. The van der Waals surface area contributed by atoms with Crippen molar-refractivity contribution in [2.45, 2.75) is 13.2 Å². The molecule has 1 aliphatic rings. The zero-order chi connectivity index (χ0) is 24.6. The van der Waals surface area contributed by atoms with E-state index >= 15 is 0 Å². The molecule has 1 saturated heterocycles. The summed E-state index contributed by atoms with van der Waals surface area (Å²) in [4.78, 5) is 7.32. The van der Waals surface area contributed by atoms with Crippen molar-refractivity contribution in [2.75, 3.05) is 51.2 Å². The lowest BCUT2D eigenvalue weighted by Gasteiger charge is -2.36. The Morgan fingerprint density at radius 1 is 0.861 bits per heavy atom. The van der Waals surface area contributed by atoms with Gasteiger partial charge in [0.1, 0.15) is 18.1 Å². The standard InChI is InChI=1S/C30H34N4O2/c1-32(16-17-33-18-20-34(21-19-33)27-10-6-3-7-11-27)23-29-22-30(31-36-29)26-12-14-28(15-13-26)35-24-25-8-4-2-5-9-25/h2-15,22H,16-21,23-24H2,1H3. The largest absolute Gasteiger partial charge is 0.489 e. The summed E-state index contributed by atoms with van der Waals surface area (Å²) < 4.78 is 11.5. The van der Waals surface area contributed by atoms with E-state index in [1.54, 1.807) is 0 Å². The molecule has 3 aromatic carbocycles. The highest BCUT2D eigenvalue weighted by atomic mass is 16.5. The fourth-order valence-corrected chi connectivity index (χ4v) is 4.51. The second kappa shape index (κ2) is 11.9. The van der Waals surface area contributed by atoms with Crippen LogP contribution in [0.3, 0.4) is 0 Å². The van der Waals surface area contributed by atoms with E-state index in [9.17, 15) is 0 Å². The lowest BCUT2D eigenvalue weighted by Crippen LogP contribution is -2.48. The number of para-hydroxylation sites is 1. The van der Waals surface area contributed by atoms with E-state index in [1.165, 1.54) is 5.69 Å². The summed E-state index contributed by atoms with van der Waals surface area (Å²) in [6, 6.07) is 30.9. The Morgan fingerprint density at radius 3 is 2.28 bits per heavy atom. The van der Waals surface area contributed by atoms with E-state index in [0.29, 0.717) is 6.61 Å².